The van der Waals surface area contributed by atoms with E-state index >= 15 is 0 Å². The molecule has 0 saturated carbocycles. The van der Waals surface area contributed by atoms with Crippen LogP contribution in [0.2, 0.25) is 0 Å². The van der Waals surface area contributed by atoms with Crippen molar-refractivity contribution < 1.29 is 9.90 Å². The minimum Gasteiger partial charge on any atom is -0.478 e. The summed E-state index contributed by atoms with van der Waals surface area (Å²) in [6, 6.07) is 9.13. The van der Waals surface area contributed by atoms with Crippen molar-refractivity contribution in [3.8, 4) is 0 Å². The molecule has 0 bridgehead atoms. The van der Waals surface area contributed by atoms with E-state index < -0.39 is 5.97 Å². The van der Waals surface area contributed by atoms with Gasteiger partial charge in [0.25, 0.3) is 0 Å². The maximum Gasteiger partial charge on any atom is 0.337 e. The number of carboxylic acids is 1. The van der Waals surface area contributed by atoms with Gasteiger partial charge in [0.05, 0.1) is 11.3 Å². The summed E-state index contributed by atoms with van der Waals surface area (Å²) in [4.78, 5) is 15.2. The van der Waals surface area contributed by atoms with Crippen molar-refractivity contribution in [3.05, 3.63) is 51.6 Å². The summed E-state index contributed by atoms with van der Waals surface area (Å²) >= 11 is 3.42. The van der Waals surface area contributed by atoms with Gasteiger partial charge in [-0.1, -0.05) is 22.0 Å². The lowest BCUT2D eigenvalue weighted by Gasteiger charge is -2.10. The van der Waals surface area contributed by atoms with Gasteiger partial charge in [0.2, 0.25) is 0 Å². The van der Waals surface area contributed by atoms with Gasteiger partial charge in [-0.2, -0.15) is 0 Å². The topological polar surface area (TPSA) is 62.2 Å². The molecule has 0 spiro atoms. The molecular weight excluding hydrogens is 308 g/mol. The zero-order valence-electron chi connectivity index (χ0n) is 10.6. The molecule has 0 amide bonds. The molecule has 5 heteroatoms. The molecule has 1 aromatic carbocycles. The van der Waals surface area contributed by atoms with Gasteiger partial charge < -0.3 is 10.4 Å². The standard InChI is InChI=1S/C14H13BrN2O2/c1-8-3-4-10(15)7-12(8)17-13-6-5-11(14(18)19)9(2)16-13/h3-7H,1-2H3,(H,16,17)(H,18,19). The van der Waals surface area contributed by atoms with E-state index in [0.29, 0.717) is 11.5 Å². The Balaban J connectivity index is 2.31. The fraction of sp³-hybridized carbons (Fsp3) is 0.143. The molecular formula is C14H13BrN2O2. The highest BCUT2D eigenvalue weighted by Gasteiger charge is 2.09. The molecule has 19 heavy (non-hydrogen) atoms. The Morgan fingerprint density at radius 3 is 2.63 bits per heavy atom. The van der Waals surface area contributed by atoms with Gasteiger partial charge >= 0.3 is 5.97 Å². The van der Waals surface area contributed by atoms with Crippen LogP contribution in [-0.2, 0) is 0 Å². The van der Waals surface area contributed by atoms with Gasteiger partial charge in [0.1, 0.15) is 5.82 Å². The van der Waals surface area contributed by atoms with Gasteiger partial charge in [-0.15, -0.1) is 0 Å². The van der Waals surface area contributed by atoms with E-state index in [1.807, 2.05) is 25.1 Å². The number of anilines is 2. The van der Waals surface area contributed by atoms with E-state index in [2.05, 4.69) is 26.2 Å². The van der Waals surface area contributed by atoms with Crippen LogP contribution in [0.4, 0.5) is 11.5 Å². The number of carboxylic acid groups (broad SMARTS) is 1. The highest BCUT2D eigenvalue weighted by molar-refractivity contribution is 9.10. The third-order valence-electron chi connectivity index (χ3n) is 2.78. The third-order valence-corrected chi connectivity index (χ3v) is 3.27. The van der Waals surface area contributed by atoms with Crippen LogP contribution in [0.15, 0.2) is 34.8 Å². The third kappa shape index (κ3) is 3.12. The van der Waals surface area contributed by atoms with Gasteiger partial charge in [-0.25, -0.2) is 9.78 Å². The number of aromatic nitrogens is 1. The highest BCUT2D eigenvalue weighted by Crippen LogP contribution is 2.24. The number of aromatic carboxylic acids is 1. The van der Waals surface area contributed by atoms with Crippen LogP contribution < -0.4 is 5.32 Å². The summed E-state index contributed by atoms with van der Waals surface area (Å²) in [6.45, 7) is 3.68. The van der Waals surface area contributed by atoms with Crippen molar-refractivity contribution in [2.24, 2.45) is 0 Å². The Hall–Kier alpha value is -1.88. The molecule has 98 valence electrons. The predicted octanol–water partition coefficient (Wildman–Crippen LogP) is 3.90. The molecule has 1 aromatic heterocycles. The smallest absolute Gasteiger partial charge is 0.337 e. The number of benzene rings is 1. The molecule has 2 aromatic rings. The SMILES string of the molecule is Cc1ccc(Br)cc1Nc1ccc(C(=O)O)c(C)n1. The highest BCUT2D eigenvalue weighted by atomic mass is 79.9. The van der Waals surface area contributed by atoms with Gasteiger partial charge in [-0.3, -0.25) is 0 Å². The number of nitrogens with one attached hydrogen (secondary N) is 1. The second kappa shape index (κ2) is 5.40. The van der Waals surface area contributed by atoms with Crippen LogP contribution in [-0.4, -0.2) is 16.1 Å². The summed E-state index contributed by atoms with van der Waals surface area (Å²) in [5.74, 6) is -0.334. The van der Waals surface area contributed by atoms with Crippen LogP contribution in [0.1, 0.15) is 21.6 Å². The lowest BCUT2D eigenvalue weighted by Crippen LogP contribution is -2.04. The average Bonchev–Trinajstić information content (AvgIpc) is 2.33. The lowest BCUT2D eigenvalue weighted by atomic mass is 10.2. The number of rotatable bonds is 3. The Kier molecular flexibility index (Phi) is 3.85. The van der Waals surface area contributed by atoms with Gasteiger partial charge in [0, 0.05) is 10.2 Å². The van der Waals surface area contributed by atoms with Crippen LogP contribution >= 0.6 is 15.9 Å². The fourth-order valence-corrected chi connectivity index (χ4v) is 2.08. The molecule has 1 heterocycles. The molecule has 0 saturated heterocycles. The molecule has 0 unspecified atom stereocenters. The molecule has 0 fully saturated rings. The summed E-state index contributed by atoms with van der Waals surface area (Å²) in [6.07, 6.45) is 0. The quantitative estimate of drug-likeness (QED) is 0.900. The molecule has 0 aliphatic heterocycles. The minimum absolute atomic E-state index is 0.219. The summed E-state index contributed by atoms with van der Waals surface area (Å²) in [7, 11) is 0. The Bertz CT molecular complexity index is 641. The maximum atomic E-state index is 10.9. The Morgan fingerprint density at radius 2 is 2.00 bits per heavy atom. The first kappa shape index (κ1) is 13.5. The second-order valence-electron chi connectivity index (χ2n) is 4.22. The largest absolute Gasteiger partial charge is 0.478 e. The van der Waals surface area contributed by atoms with E-state index in [0.717, 1.165) is 15.7 Å². The van der Waals surface area contributed by atoms with E-state index in [4.69, 9.17) is 5.11 Å². The normalized spacial score (nSPS) is 10.3. The van der Waals surface area contributed by atoms with E-state index in [9.17, 15) is 4.79 Å². The van der Waals surface area contributed by atoms with Crippen LogP contribution in [0, 0.1) is 13.8 Å². The zero-order valence-corrected chi connectivity index (χ0v) is 12.2. The minimum atomic E-state index is -0.963. The number of aryl methyl sites for hydroxylation is 2. The Morgan fingerprint density at radius 1 is 1.26 bits per heavy atom. The van der Waals surface area contributed by atoms with Crippen molar-refractivity contribution in [3.63, 3.8) is 0 Å². The second-order valence-corrected chi connectivity index (χ2v) is 5.13. The van der Waals surface area contributed by atoms with Crippen LogP contribution in [0.25, 0.3) is 0 Å². The van der Waals surface area contributed by atoms with Crippen molar-refractivity contribution >= 4 is 33.4 Å². The number of halogens is 1. The predicted molar refractivity (Wildman–Crippen MR) is 78.1 cm³/mol. The van der Waals surface area contributed by atoms with Crippen LogP contribution in [0.3, 0.4) is 0 Å². The number of nitrogens with zero attached hydrogens (tertiary/aromatic N) is 1. The zero-order chi connectivity index (χ0) is 14.0. The monoisotopic (exact) mass is 320 g/mol. The molecule has 0 aliphatic carbocycles. The number of pyridine rings is 1. The molecule has 0 radical (unpaired) electrons. The van der Waals surface area contributed by atoms with Crippen molar-refractivity contribution in [2.75, 3.05) is 5.32 Å². The lowest BCUT2D eigenvalue weighted by molar-refractivity contribution is 0.0695. The first-order valence-electron chi connectivity index (χ1n) is 5.71. The van der Waals surface area contributed by atoms with Crippen molar-refractivity contribution in [1.82, 2.24) is 4.98 Å². The van der Waals surface area contributed by atoms with Crippen LogP contribution in [0.5, 0.6) is 0 Å². The maximum absolute atomic E-state index is 10.9. The van der Waals surface area contributed by atoms with Gasteiger partial charge in [0.15, 0.2) is 0 Å². The number of hydrogen-bond acceptors (Lipinski definition) is 3. The molecule has 0 atom stereocenters. The molecule has 2 rings (SSSR count). The fourth-order valence-electron chi connectivity index (χ4n) is 1.72. The summed E-state index contributed by atoms with van der Waals surface area (Å²) in [5, 5.41) is 12.1. The summed E-state index contributed by atoms with van der Waals surface area (Å²) < 4.78 is 0.972. The first-order valence-corrected chi connectivity index (χ1v) is 6.51. The number of carbonyl (C=O) groups is 1. The summed E-state index contributed by atoms with van der Waals surface area (Å²) in [5.41, 5.74) is 2.73. The number of hydrogen-bond donors (Lipinski definition) is 2. The molecule has 2 N–H and O–H groups in total. The van der Waals surface area contributed by atoms with Crippen molar-refractivity contribution in [2.45, 2.75) is 13.8 Å². The Labute approximate surface area is 119 Å². The van der Waals surface area contributed by atoms with Gasteiger partial charge in [-0.05, 0) is 43.7 Å². The van der Waals surface area contributed by atoms with E-state index in [-0.39, 0.29) is 5.56 Å². The van der Waals surface area contributed by atoms with E-state index in [1.165, 1.54) is 0 Å². The first-order chi connectivity index (χ1) is 8.97. The average molecular weight is 321 g/mol. The van der Waals surface area contributed by atoms with E-state index in [1.54, 1.807) is 19.1 Å². The molecule has 4 nitrogen and oxygen atoms in total. The van der Waals surface area contributed by atoms with Crippen molar-refractivity contribution in [1.29, 1.82) is 0 Å². The molecule has 0 aliphatic rings.